The number of aromatic nitrogens is 5. The fourth-order valence-corrected chi connectivity index (χ4v) is 4.32. The molecule has 1 atom stereocenters. The minimum Gasteiger partial charge on any atom is -0.342 e. The normalized spacial score (nSPS) is 17.0. The maximum atomic E-state index is 12.8. The van der Waals surface area contributed by atoms with E-state index in [0.29, 0.717) is 18.9 Å². The van der Waals surface area contributed by atoms with Gasteiger partial charge < -0.3 is 9.47 Å². The molecule has 1 aliphatic heterocycles. The van der Waals surface area contributed by atoms with Crippen LogP contribution >= 0.6 is 0 Å². The van der Waals surface area contributed by atoms with E-state index < -0.39 is 0 Å². The molecule has 0 aliphatic carbocycles. The number of nitrogens with zero attached hydrogens (tertiary/aromatic N) is 6. The van der Waals surface area contributed by atoms with Gasteiger partial charge in [-0.1, -0.05) is 13.8 Å². The van der Waals surface area contributed by atoms with E-state index in [1.165, 1.54) is 0 Å². The highest BCUT2D eigenvalue weighted by atomic mass is 16.2. The van der Waals surface area contributed by atoms with Crippen molar-refractivity contribution >= 4 is 16.9 Å². The molecule has 7 nitrogen and oxygen atoms in total. The second-order valence-corrected chi connectivity index (χ2v) is 8.56. The third kappa shape index (κ3) is 4.04. The van der Waals surface area contributed by atoms with Crippen LogP contribution in [0.2, 0.25) is 0 Å². The van der Waals surface area contributed by atoms with E-state index >= 15 is 0 Å². The quantitative estimate of drug-likeness (QED) is 0.643. The molecule has 0 saturated carbocycles. The van der Waals surface area contributed by atoms with Crippen LogP contribution in [0.25, 0.3) is 11.0 Å². The first-order valence-electron chi connectivity index (χ1n) is 10.5. The Hall–Kier alpha value is -2.70. The minimum absolute atomic E-state index is 0.202. The highest BCUT2D eigenvalue weighted by molar-refractivity contribution is 5.77. The Labute approximate surface area is 171 Å². The van der Waals surface area contributed by atoms with Crippen molar-refractivity contribution in [3.63, 3.8) is 0 Å². The molecule has 0 bridgehead atoms. The zero-order chi connectivity index (χ0) is 20.5. The molecule has 1 unspecified atom stereocenters. The first-order chi connectivity index (χ1) is 13.9. The van der Waals surface area contributed by atoms with Gasteiger partial charge in [-0.05, 0) is 38.3 Å². The summed E-state index contributed by atoms with van der Waals surface area (Å²) >= 11 is 0. The molecule has 0 radical (unpaired) electrons. The van der Waals surface area contributed by atoms with Crippen molar-refractivity contribution in [2.45, 2.75) is 59.5 Å². The van der Waals surface area contributed by atoms with Crippen LogP contribution in [0, 0.1) is 19.8 Å². The van der Waals surface area contributed by atoms with Gasteiger partial charge in [-0.2, -0.15) is 5.10 Å². The van der Waals surface area contributed by atoms with Gasteiger partial charge in [0.2, 0.25) is 5.91 Å². The van der Waals surface area contributed by atoms with E-state index in [-0.39, 0.29) is 11.8 Å². The SMILES string of the molecule is Cc1cc(C)n(CCC(=O)N2CCC(c3nc4ccncc4n3CC(C)C)C2)n1. The average Bonchev–Trinajstić information content (AvgIpc) is 3.37. The van der Waals surface area contributed by atoms with Crippen molar-refractivity contribution in [2.75, 3.05) is 13.1 Å². The van der Waals surface area contributed by atoms with E-state index in [2.05, 4.69) is 28.5 Å². The smallest absolute Gasteiger partial charge is 0.224 e. The maximum Gasteiger partial charge on any atom is 0.224 e. The Morgan fingerprint density at radius 1 is 1.31 bits per heavy atom. The van der Waals surface area contributed by atoms with Crippen molar-refractivity contribution in [3.8, 4) is 0 Å². The molecule has 154 valence electrons. The largest absolute Gasteiger partial charge is 0.342 e. The van der Waals surface area contributed by atoms with Gasteiger partial charge in [0, 0.05) is 50.4 Å². The molecule has 3 aromatic heterocycles. The van der Waals surface area contributed by atoms with Crippen LogP contribution in [-0.4, -0.2) is 48.2 Å². The van der Waals surface area contributed by atoms with Crippen LogP contribution in [0.3, 0.4) is 0 Å². The molecule has 4 heterocycles. The Morgan fingerprint density at radius 3 is 2.86 bits per heavy atom. The third-order valence-corrected chi connectivity index (χ3v) is 5.67. The lowest BCUT2D eigenvalue weighted by Crippen LogP contribution is -2.29. The van der Waals surface area contributed by atoms with Crippen molar-refractivity contribution < 1.29 is 4.79 Å². The Kier molecular flexibility index (Phi) is 5.39. The average molecular weight is 395 g/mol. The Morgan fingerprint density at radius 2 is 2.14 bits per heavy atom. The van der Waals surface area contributed by atoms with Gasteiger partial charge in [-0.25, -0.2) is 4.98 Å². The number of pyridine rings is 1. The summed E-state index contributed by atoms with van der Waals surface area (Å²) in [5, 5.41) is 4.46. The highest BCUT2D eigenvalue weighted by Gasteiger charge is 2.31. The van der Waals surface area contributed by atoms with Crippen LogP contribution in [-0.2, 0) is 17.9 Å². The summed E-state index contributed by atoms with van der Waals surface area (Å²) in [6.45, 7) is 11.5. The number of rotatable bonds is 6. The summed E-state index contributed by atoms with van der Waals surface area (Å²) in [5.41, 5.74) is 4.18. The van der Waals surface area contributed by atoms with Crippen LogP contribution < -0.4 is 0 Å². The number of amides is 1. The van der Waals surface area contributed by atoms with Gasteiger partial charge in [0.15, 0.2) is 0 Å². The van der Waals surface area contributed by atoms with E-state index in [1.54, 1.807) is 6.20 Å². The number of carbonyl (C=O) groups excluding carboxylic acids is 1. The van der Waals surface area contributed by atoms with Crippen LogP contribution in [0.4, 0.5) is 0 Å². The number of fused-ring (bicyclic) bond motifs is 1. The van der Waals surface area contributed by atoms with Crippen LogP contribution in [0.1, 0.15) is 49.8 Å². The summed E-state index contributed by atoms with van der Waals surface area (Å²) in [6.07, 6.45) is 5.14. The van der Waals surface area contributed by atoms with Gasteiger partial charge in [-0.3, -0.25) is 14.5 Å². The summed E-state index contributed by atoms with van der Waals surface area (Å²) in [5.74, 6) is 2.09. The zero-order valence-electron chi connectivity index (χ0n) is 17.8. The Balaban J connectivity index is 1.46. The lowest BCUT2D eigenvalue weighted by molar-refractivity contribution is -0.130. The maximum absolute atomic E-state index is 12.8. The Bertz CT molecular complexity index is 1020. The van der Waals surface area contributed by atoms with Crippen molar-refractivity contribution in [1.82, 2.24) is 29.2 Å². The fraction of sp³-hybridized carbons (Fsp3) is 0.545. The number of aryl methyl sites for hydroxylation is 3. The number of likely N-dealkylation sites (tertiary alicyclic amines) is 1. The molecular formula is C22H30N6O. The summed E-state index contributed by atoms with van der Waals surface area (Å²) in [7, 11) is 0. The fourth-order valence-electron chi connectivity index (χ4n) is 4.32. The number of carbonyl (C=O) groups is 1. The topological polar surface area (TPSA) is 68.8 Å². The molecule has 0 aromatic carbocycles. The van der Waals surface area contributed by atoms with E-state index in [4.69, 9.17) is 4.98 Å². The van der Waals surface area contributed by atoms with Gasteiger partial charge in [0.25, 0.3) is 0 Å². The molecular weight excluding hydrogens is 364 g/mol. The molecule has 7 heteroatoms. The first-order valence-corrected chi connectivity index (χ1v) is 10.5. The lowest BCUT2D eigenvalue weighted by Gasteiger charge is -2.18. The van der Waals surface area contributed by atoms with Crippen molar-refractivity contribution in [1.29, 1.82) is 0 Å². The first kappa shape index (κ1) is 19.6. The summed E-state index contributed by atoms with van der Waals surface area (Å²) < 4.78 is 4.23. The zero-order valence-corrected chi connectivity index (χ0v) is 17.8. The minimum atomic E-state index is 0.202. The number of hydrogen-bond acceptors (Lipinski definition) is 4. The second kappa shape index (κ2) is 7.97. The molecule has 1 amide bonds. The predicted molar refractivity (Wildman–Crippen MR) is 113 cm³/mol. The monoisotopic (exact) mass is 394 g/mol. The van der Waals surface area contributed by atoms with Crippen molar-refractivity contribution in [2.24, 2.45) is 5.92 Å². The van der Waals surface area contributed by atoms with Crippen LogP contribution in [0.5, 0.6) is 0 Å². The predicted octanol–water partition coefficient (Wildman–Crippen LogP) is 3.31. The third-order valence-electron chi connectivity index (χ3n) is 5.67. The number of hydrogen-bond donors (Lipinski definition) is 0. The van der Waals surface area contributed by atoms with E-state index in [0.717, 1.165) is 54.3 Å². The summed E-state index contributed by atoms with van der Waals surface area (Å²) in [6, 6.07) is 4.02. The van der Waals surface area contributed by atoms with Gasteiger partial charge in [-0.15, -0.1) is 0 Å². The van der Waals surface area contributed by atoms with Gasteiger partial charge >= 0.3 is 0 Å². The number of imidazole rings is 1. The molecule has 0 spiro atoms. The molecule has 4 rings (SSSR count). The van der Waals surface area contributed by atoms with Crippen molar-refractivity contribution in [3.05, 3.63) is 41.7 Å². The second-order valence-electron chi connectivity index (χ2n) is 8.56. The molecule has 1 fully saturated rings. The summed E-state index contributed by atoms with van der Waals surface area (Å²) in [4.78, 5) is 24.0. The van der Waals surface area contributed by atoms with E-state index in [1.807, 2.05) is 41.8 Å². The van der Waals surface area contributed by atoms with Gasteiger partial charge in [0.05, 0.1) is 22.9 Å². The molecule has 0 N–H and O–H groups in total. The van der Waals surface area contributed by atoms with Gasteiger partial charge in [0.1, 0.15) is 5.82 Å². The molecule has 1 saturated heterocycles. The highest BCUT2D eigenvalue weighted by Crippen LogP contribution is 2.30. The molecule has 29 heavy (non-hydrogen) atoms. The molecule has 1 aliphatic rings. The standard InChI is InChI=1S/C22H30N6O/c1-15(2)13-27-20-12-23-8-5-19(20)24-22(27)18-6-9-26(14-18)21(29)7-10-28-17(4)11-16(3)25-28/h5,8,11-12,15,18H,6-7,9-10,13-14H2,1-4H3. The lowest BCUT2D eigenvalue weighted by atomic mass is 10.1. The molecule has 3 aromatic rings. The van der Waals surface area contributed by atoms with E-state index in [9.17, 15) is 4.79 Å². The van der Waals surface area contributed by atoms with Crippen LogP contribution in [0.15, 0.2) is 24.5 Å².